The topological polar surface area (TPSA) is 49.4 Å². The maximum Gasteiger partial charge on any atom is 0.219 e. The Morgan fingerprint density at radius 3 is 2.67 bits per heavy atom. The van der Waals surface area contributed by atoms with Gasteiger partial charge in [-0.05, 0) is 23.8 Å². The van der Waals surface area contributed by atoms with Crippen LogP contribution >= 0.6 is 0 Å². The summed E-state index contributed by atoms with van der Waals surface area (Å²) in [6.45, 7) is 1.15. The van der Waals surface area contributed by atoms with Crippen LogP contribution in [0.5, 0.6) is 0 Å². The van der Waals surface area contributed by atoms with Crippen LogP contribution in [-0.4, -0.2) is 32.4 Å². The maximum absolute atomic E-state index is 13.8. The summed E-state index contributed by atoms with van der Waals surface area (Å²) < 4.78 is 54.3. The lowest BCUT2D eigenvalue weighted by molar-refractivity contribution is 0.270. The normalized spacial score (nSPS) is 19.3. The fourth-order valence-electron chi connectivity index (χ4n) is 2.91. The molecule has 1 aliphatic rings. The van der Waals surface area contributed by atoms with Crippen LogP contribution in [0.1, 0.15) is 17.2 Å². The fourth-order valence-corrected chi connectivity index (χ4v) is 4.66. The highest BCUT2D eigenvalue weighted by molar-refractivity contribution is 7.88. The highest BCUT2D eigenvalue weighted by Crippen LogP contribution is 2.27. The van der Waals surface area contributed by atoms with Gasteiger partial charge in [0.05, 0.1) is 11.8 Å². The third kappa shape index (κ3) is 3.63. The Morgan fingerprint density at radius 1 is 1.12 bits per heavy atom. The van der Waals surface area contributed by atoms with E-state index >= 15 is 0 Å². The number of hydrogen-bond donors (Lipinski definition) is 1. The zero-order valence-electron chi connectivity index (χ0n) is 13.0. The molecule has 1 N–H and O–H groups in total. The minimum Gasteiger partial charge on any atom is -0.313 e. The monoisotopic (exact) mass is 352 g/mol. The smallest absolute Gasteiger partial charge is 0.219 e. The number of sulfonamides is 1. The standard InChI is InChI=1S/C17H18F2N2O2S/c18-15-6-3-5-13(10-15)17-11-20-8-9-21(17)24(22,23)12-14-4-1-2-7-16(14)19/h1-7,10,17,20H,8-9,11-12H2. The summed E-state index contributed by atoms with van der Waals surface area (Å²) in [4.78, 5) is 0. The van der Waals surface area contributed by atoms with Crippen LogP contribution in [0.15, 0.2) is 48.5 Å². The molecule has 1 heterocycles. The highest BCUT2D eigenvalue weighted by atomic mass is 32.2. The van der Waals surface area contributed by atoms with Gasteiger partial charge < -0.3 is 5.32 Å². The third-order valence-electron chi connectivity index (χ3n) is 4.08. The summed E-state index contributed by atoms with van der Waals surface area (Å²) in [5.74, 6) is -1.37. The van der Waals surface area contributed by atoms with E-state index in [-0.39, 0.29) is 12.1 Å². The molecule has 0 amide bonds. The van der Waals surface area contributed by atoms with Crippen molar-refractivity contribution in [1.82, 2.24) is 9.62 Å². The van der Waals surface area contributed by atoms with Crippen molar-refractivity contribution in [2.24, 2.45) is 0 Å². The molecular formula is C17H18F2N2O2S. The largest absolute Gasteiger partial charge is 0.313 e. The van der Waals surface area contributed by atoms with Gasteiger partial charge in [-0.2, -0.15) is 4.31 Å². The molecule has 1 saturated heterocycles. The van der Waals surface area contributed by atoms with Crippen molar-refractivity contribution >= 4 is 10.0 Å². The molecule has 1 aliphatic heterocycles. The number of rotatable bonds is 4. The van der Waals surface area contributed by atoms with Gasteiger partial charge in [0.15, 0.2) is 0 Å². The van der Waals surface area contributed by atoms with E-state index < -0.39 is 33.5 Å². The van der Waals surface area contributed by atoms with Crippen LogP contribution in [-0.2, 0) is 15.8 Å². The quantitative estimate of drug-likeness (QED) is 0.920. The summed E-state index contributed by atoms with van der Waals surface area (Å²) >= 11 is 0. The predicted octanol–water partition coefficient (Wildman–Crippen LogP) is 2.44. The lowest BCUT2D eigenvalue weighted by Crippen LogP contribution is -2.49. The fraction of sp³-hybridized carbons (Fsp3) is 0.294. The van der Waals surface area contributed by atoms with Crippen molar-refractivity contribution in [3.63, 3.8) is 0 Å². The van der Waals surface area contributed by atoms with Gasteiger partial charge in [-0.3, -0.25) is 0 Å². The first-order valence-electron chi connectivity index (χ1n) is 7.66. The number of halogens is 2. The van der Waals surface area contributed by atoms with Crippen molar-refractivity contribution in [1.29, 1.82) is 0 Å². The molecule has 0 saturated carbocycles. The van der Waals surface area contributed by atoms with Crippen molar-refractivity contribution in [2.45, 2.75) is 11.8 Å². The van der Waals surface area contributed by atoms with Gasteiger partial charge in [0, 0.05) is 25.2 Å². The molecule has 1 fully saturated rings. The molecule has 24 heavy (non-hydrogen) atoms. The van der Waals surface area contributed by atoms with Gasteiger partial charge >= 0.3 is 0 Å². The van der Waals surface area contributed by atoms with E-state index in [2.05, 4.69) is 5.32 Å². The van der Waals surface area contributed by atoms with E-state index in [1.807, 2.05) is 0 Å². The van der Waals surface area contributed by atoms with E-state index in [9.17, 15) is 17.2 Å². The molecule has 0 bridgehead atoms. The van der Waals surface area contributed by atoms with E-state index in [1.165, 1.54) is 34.6 Å². The van der Waals surface area contributed by atoms with E-state index in [0.29, 0.717) is 18.7 Å². The third-order valence-corrected chi connectivity index (χ3v) is 5.91. The first kappa shape index (κ1) is 17.0. The van der Waals surface area contributed by atoms with Crippen LogP contribution < -0.4 is 5.32 Å². The summed E-state index contributed by atoms with van der Waals surface area (Å²) in [5.41, 5.74) is 0.716. The first-order valence-corrected chi connectivity index (χ1v) is 9.27. The van der Waals surface area contributed by atoms with E-state index in [1.54, 1.807) is 18.2 Å². The Bertz CT molecular complexity index is 827. The molecule has 0 spiro atoms. The highest BCUT2D eigenvalue weighted by Gasteiger charge is 2.33. The molecular weight excluding hydrogens is 334 g/mol. The molecule has 1 unspecified atom stereocenters. The molecule has 3 rings (SSSR count). The van der Waals surface area contributed by atoms with Crippen molar-refractivity contribution in [2.75, 3.05) is 19.6 Å². The minimum absolute atomic E-state index is 0.133. The predicted molar refractivity (Wildman–Crippen MR) is 87.7 cm³/mol. The molecule has 0 aliphatic carbocycles. The van der Waals surface area contributed by atoms with Crippen LogP contribution in [0.3, 0.4) is 0 Å². The zero-order valence-corrected chi connectivity index (χ0v) is 13.8. The van der Waals surface area contributed by atoms with Gasteiger partial charge in [-0.25, -0.2) is 17.2 Å². The zero-order chi connectivity index (χ0) is 17.2. The molecule has 2 aromatic carbocycles. The average Bonchev–Trinajstić information content (AvgIpc) is 2.57. The van der Waals surface area contributed by atoms with Gasteiger partial charge in [-0.15, -0.1) is 0 Å². The van der Waals surface area contributed by atoms with Crippen LogP contribution in [0.4, 0.5) is 8.78 Å². The van der Waals surface area contributed by atoms with Crippen molar-refractivity contribution in [3.05, 3.63) is 71.3 Å². The summed E-state index contributed by atoms with van der Waals surface area (Å²) in [6.07, 6.45) is 0. The van der Waals surface area contributed by atoms with Crippen LogP contribution in [0, 0.1) is 11.6 Å². The van der Waals surface area contributed by atoms with Gasteiger partial charge in [0.2, 0.25) is 10.0 Å². The SMILES string of the molecule is O=S(=O)(Cc1ccccc1F)N1CCNCC1c1cccc(F)c1. The summed E-state index contributed by atoms with van der Waals surface area (Å²) in [6, 6.07) is 11.2. The van der Waals surface area contributed by atoms with Gasteiger partial charge in [0.25, 0.3) is 0 Å². The van der Waals surface area contributed by atoms with Gasteiger partial charge in [-0.1, -0.05) is 30.3 Å². The Hall–Kier alpha value is -1.83. The Kier molecular flexibility index (Phi) is 4.93. The minimum atomic E-state index is -3.74. The first-order chi connectivity index (χ1) is 11.5. The van der Waals surface area contributed by atoms with Crippen molar-refractivity contribution in [3.8, 4) is 0 Å². The van der Waals surface area contributed by atoms with E-state index in [4.69, 9.17) is 0 Å². The molecule has 4 nitrogen and oxygen atoms in total. The molecule has 0 radical (unpaired) electrons. The number of piperazine rings is 1. The average molecular weight is 352 g/mol. The summed E-state index contributed by atoms with van der Waals surface area (Å²) in [5, 5.41) is 3.13. The maximum atomic E-state index is 13.8. The van der Waals surface area contributed by atoms with E-state index in [0.717, 1.165) is 0 Å². The number of hydrogen-bond acceptors (Lipinski definition) is 3. The van der Waals surface area contributed by atoms with Crippen LogP contribution in [0.2, 0.25) is 0 Å². The Balaban J connectivity index is 1.91. The summed E-state index contributed by atoms with van der Waals surface area (Å²) in [7, 11) is -3.74. The number of nitrogens with zero attached hydrogens (tertiary/aromatic N) is 1. The van der Waals surface area contributed by atoms with Gasteiger partial charge in [0.1, 0.15) is 11.6 Å². The number of nitrogens with one attached hydrogen (secondary N) is 1. The molecule has 128 valence electrons. The van der Waals surface area contributed by atoms with Crippen LogP contribution in [0.25, 0.3) is 0 Å². The number of benzene rings is 2. The lowest BCUT2D eigenvalue weighted by atomic mass is 10.1. The lowest BCUT2D eigenvalue weighted by Gasteiger charge is -2.35. The molecule has 1 atom stereocenters. The Morgan fingerprint density at radius 2 is 1.92 bits per heavy atom. The van der Waals surface area contributed by atoms with Crippen molar-refractivity contribution < 1.29 is 17.2 Å². The molecule has 7 heteroatoms. The second-order valence-electron chi connectivity index (χ2n) is 5.73. The Labute approximate surface area is 140 Å². The molecule has 2 aromatic rings. The second kappa shape index (κ2) is 6.96. The second-order valence-corrected chi connectivity index (χ2v) is 7.65. The molecule has 0 aromatic heterocycles.